The normalized spacial score (nSPS) is 11.7. The predicted molar refractivity (Wildman–Crippen MR) is 98.5 cm³/mol. The minimum Gasteiger partial charge on any atom is -0.484 e. The van der Waals surface area contributed by atoms with Crippen molar-refractivity contribution in [2.24, 2.45) is 0 Å². The molecule has 0 aliphatic heterocycles. The van der Waals surface area contributed by atoms with Gasteiger partial charge in [0.1, 0.15) is 5.75 Å². The summed E-state index contributed by atoms with van der Waals surface area (Å²) in [5.74, 6) is -0.323. The SMILES string of the molecule is CS(=O)(=O)Nc1ccccc1CC(=O)NCc1cccc(OCC(F)(F)F)c1. The summed E-state index contributed by atoms with van der Waals surface area (Å²) in [6.45, 7) is -1.31. The van der Waals surface area contributed by atoms with Crippen LogP contribution in [0.5, 0.6) is 5.75 Å². The number of para-hydroxylation sites is 1. The van der Waals surface area contributed by atoms with Crippen molar-refractivity contribution in [3.63, 3.8) is 0 Å². The summed E-state index contributed by atoms with van der Waals surface area (Å²) in [5.41, 5.74) is 1.37. The zero-order valence-electron chi connectivity index (χ0n) is 14.9. The largest absolute Gasteiger partial charge is 0.484 e. The second-order valence-electron chi connectivity index (χ2n) is 6.04. The predicted octanol–water partition coefficient (Wildman–Crippen LogP) is 2.86. The lowest BCUT2D eigenvalue weighted by Crippen LogP contribution is -2.25. The van der Waals surface area contributed by atoms with E-state index in [1.807, 2.05) is 0 Å². The summed E-state index contributed by atoms with van der Waals surface area (Å²) >= 11 is 0. The lowest BCUT2D eigenvalue weighted by Gasteiger charge is -2.12. The van der Waals surface area contributed by atoms with Crippen LogP contribution in [-0.4, -0.2) is 33.4 Å². The highest BCUT2D eigenvalue weighted by molar-refractivity contribution is 7.92. The Morgan fingerprint density at radius 2 is 1.82 bits per heavy atom. The maximum absolute atomic E-state index is 12.2. The fraction of sp³-hybridized carbons (Fsp3) is 0.278. The zero-order chi connectivity index (χ0) is 20.8. The van der Waals surface area contributed by atoms with Crippen molar-refractivity contribution < 1.29 is 31.1 Å². The monoisotopic (exact) mass is 416 g/mol. The van der Waals surface area contributed by atoms with E-state index < -0.39 is 22.8 Å². The number of carbonyl (C=O) groups is 1. The van der Waals surface area contributed by atoms with Gasteiger partial charge in [0.2, 0.25) is 15.9 Å². The van der Waals surface area contributed by atoms with Crippen LogP contribution < -0.4 is 14.8 Å². The molecule has 0 atom stereocenters. The Hall–Kier alpha value is -2.75. The Morgan fingerprint density at radius 1 is 1.11 bits per heavy atom. The van der Waals surface area contributed by atoms with Gasteiger partial charge in [0.05, 0.1) is 18.4 Å². The van der Waals surface area contributed by atoms with E-state index in [0.29, 0.717) is 16.8 Å². The number of nitrogens with one attached hydrogen (secondary N) is 2. The quantitative estimate of drug-likeness (QED) is 0.693. The lowest BCUT2D eigenvalue weighted by molar-refractivity contribution is -0.153. The highest BCUT2D eigenvalue weighted by Crippen LogP contribution is 2.20. The van der Waals surface area contributed by atoms with Gasteiger partial charge >= 0.3 is 6.18 Å². The number of sulfonamides is 1. The Kier molecular flexibility index (Phi) is 6.90. The Labute approximate surface area is 160 Å². The fourth-order valence-corrected chi connectivity index (χ4v) is 2.92. The molecule has 0 aliphatic rings. The number of ether oxygens (including phenoxy) is 1. The molecule has 0 aliphatic carbocycles. The number of hydrogen-bond donors (Lipinski definition) is 2. The topological polar surface area (TPSA) is 84.5 Å². The van der Waals surface area contributed by atoms with Crippen molar-refractivity contribution in [2.75, 3.05) is 17.6 Å². The van der Waals surface area contributed by atoms with E-state index in [1.54, 1.807) is 30.3 Å². The standard InChI is InChI=1S/C18H19F3N2O4S/c1-28(25,26)23-16-8-3-2-6-14(16)10-17(24)22-11-13-5-4-7-15(9-13)27-12-18(19,20)21/h2-9,23H,10-12H2,1H3,(H,22,24). The number of hydrogen-bond acceptors (Lipinski definition) is 4. The van der Waals surface area contributed by atoms with E-state index in [1.165, 1.54) is 18.2 Å². The van der Waals surface area contributed by atoms with Crippen LogP contribution in [0.3, 0.4) is 0 Å². The molecule has 0 fully saturated rings. The van der Waals surface area contributed by atoms with Gasteiger partial charge in [-0.15, -0.1) is 0 Å². The summed E-state index contributed by atoms with van der Waals surface area (Å²) in [6.07, 6.45) is -3.49. The van der Waals surface area contributed by atoms with E-state index in [9.17, 15) is 26.4 Å². The van der Waals surface area contributed by atoms with Gasteiger partial charge in [-0.25, -0.2) is 8.42 Å². The molecule has 0 saturated carbocycles. The molecule has 0 heterocycles. The van der Waals surface area contributed by atoms with Gasteiger partial charge in [0.25, 0.3) is 0 Å². The first kappa shape index (κ1) is 21.5. The average Bonchev–Trinajstić information content (AvgIpc) is 2.58. The van der Waals surface area contributed by atoms with Crippen LogP contribution >= 0.6 is 0 Å². The van der Waals surface area contributed by atoms with Crippen LogP contribution in [0.4, 0.5) is 18.9 Å². The molecule has 0 saturated heterocycles. The van der Waals surface area contributed by atoms with Gasteiger partial charge in [-0.3, -0.25) is 9.52 Å². The van der Waals surface area contributed by atoms with E-state index in [0.717, 1.165) is 6.26 Å². The number of carbonyl (C=O) groups excluding carboxylic acids is 1. The molecule has 28 heavy (non-hydrogen) atoms. The van der Waals surface area contributed by atoms with Gasteiger partial charge in [0, 0.05) is 6.54 Å². The van der Waals surface area contributed by atoms with Crippen molar-refractivity contribution in [3.05, 3.63) is 59.7 Å². The Balaban J connectivity index is 1.95. The molecule has 152 valence electrons. The van der Waals surface area contributed by atoms with Crippen LogP contribution in [0.1, 0.15) is 11.1 Å². The number of rotatable bonds is 8. The summed E-state index contributed by atoms with van der Waals surface area (Å²) in [4.78, 5) is 12.2. The molecular weight excluding hydrogens is 397 g/mol. The van der Waals surface area contributed by atoms with Crippen LogP contribution in [0.15, 0.2) is 48.5 Å². The second kappa shape index (κ2) is 8.96. The molecule has 6 nitrogen and oxygen atoms in total. The maximum Gasteiger partial charge on any atom is 0.422 e. The molecule has 2 aromatic carbocycles. The summed E-state index contributed by atoms with van der Waals surface area (Å²) in [7, 11) is -3.49. The molecule has 2 N–H and O–H groups in total. The first-order valence-electron chi connectivity index (χ1n) is 8.13. The molecule has 0 bridgehead atoms. The molecule has 10 heteroatoms. The molecule has 0 spiro atoms. The third-order valence-corrected chi connectivity index (χ3v) is 4.05. The van der Waals surface area contributed by atoms with Crippen molar-refractivity contribution in [3.8, 4) is 5.75 Å². The van der Waals surface area contributed by atoms with E-state index in [2.05, 4.69) is 14.8 Å². The summed E-state index contributed by atoms with van der Waals surface area (Å²) in [5, 5.41) is 2.64. The summed E-state index contributed by atoms with van der Waals surface area (Å²) < 4.78 is 66.5. The minimum atomic E-state index is -4.43. The molecule has 0 unspecified atom stereocenters. The van der Waals surface area contributed by atoms with Gasteiger partial charge in [-0.1, -0.05) is 30.3 Å². The van der Waals surface area contributed by atoms with Crippen molar-refractivity contribution in [2.45, 2.75) is 19.1 Å². The van der Waals surface area contributed by atoms with E-state index in [-0.39, 0.29) is 24.6 Å². The average molecular weight is 416 g/mol. The van der Waals surface area contributed by atoms with Gasteiger partial charge < -0.3 is 10.1 Å². The van der Waals surface area contributed by atoms with Gasteiger partial charge in [-0.2, -0.15) is 13.2 Å². The number of anilines is 1. The second-order valence-corrected chi connectivity index (χ2v) is 7.78. The van der Waals surface area contributed by atoms with Crippen molar-refractivity contribution in [1.82, 2.24) is 5.32 Å². The molecular formula is C18H19F3N2O4S. The summed E-state index contributed by atoms with van der Waals surface area (Å²) in [6, 6.07) is 12.5. The highest BCUT2D eigenvalue weighted by Gasteiger charge is 2.28. The van der Waals surface area contributed by atoms with Crippen molar-refractivity contribution in [1.29, 1.82) is 0 Å². The molecule has 1 amide bonds. The molecule has 2 rings (SSSR count). The first-order chi connectivity index (χ1) is 13.0. The third-order valence-electron chi connectivity index (χ3n) is 3.45. The van der Waals surface area contributed by atoms with E-state index in [4.69, 9.17) is 0 Å². The number of amides is 1. The minimum absolute atomic E-state index is 0.0479. The number of benzene rings is 2. The Morgan fingerprint density at radius 3 is 2.50 bits per heavy atom. The molecule has 0 radical (unpaired) electrons. The number of alkyl halides is 3. The number of halogens is 3. The molecule has 0 aromatic heterocycles. The van der Waals surface area contributed by atoms with Crippen LogP contribution in [0.25, 0.3) is 0 Å². The van der Waals surface area contributed by atoms with Crippen LogP contribution in [0, 0.1) is 0 Å². The van der Waals surface area contributed by atoms with E-state index >= 15 is 0 Å². The zero-order valence-corrected chi connectivity index (χ0v) is 15.7. The van der Waals surface area contributed by atoms with Crippen LogP contribution in [0.2, 0.25) is 0 Å². The highest BCUT2D eigenvalue weighted by atomic mass is 32.2. The molecule has 2 aromatic rings. The fourth-order valence-electron chi connectivity index (χ4n) is 2.32. The Bertz CT molecular complexity index is 930. The van der Waals surface area contributed by atoms with Gasteiger partial charge in [0.15, 0.2) is 6.61 Å². The first-order valence-corrected chi connectivity index (χ1v) is 10.0. The van der Waals surface area contributed by atoms with Crippen molar-refractivity contribution >= 4 is 21.6 Å². The third kappa shape index (κ3) is 7.87. The van der Waals surface area contributed by atoms with Gasteiger partial charge in [-0.05, 0) is 29.3 Å². The van der Waals surface area contributed by atoms with Crippen LogP contribution in [-0.2, 0) is 27.8 Å². The maximum atomic E-state index is 12.2. The lowest BCUT2D eigenvalue weighted by atomic mass is 10.1. The smallest absolute Gasteiger partial charge is 0.422 e.